The van der Waals surface area contributed by atoms with Crippen LogP contribution in [0.3, 0.4) is 0 Å². The summed E-state index contributed by atoms with van der Waals surface area (Å²) in [6.45, 7) is 0.234. The number of anilines is 1. The molecule has 0 fully saturated rings. The number of nitrogens with two attached hydrogens (primary N) is 1. The fourth-order valence-electron chi connectivity index (χ4n) is 1.53. The van der Waals surface area contributed by atoms with Crippen molar-refractivity contribution in [3.8, 4) is 5.75 Å². The van der Waals surface area contributed by atoms with Gasteiger partial charge < -0.3 is 15.8 Å². The van der Waals surface area contributed by atoms with Crippen molar-refractivity contribution >= 4 is 11.8 Å². The van der Waals surface area contributed by atoms with Crippen LogP contribution in [0.15, 0.2) is 42.5 Å². The Hall–Kier alpha value is -2.63. The van der Waals surface area contributed by atoms with Crippen molar-refractivity contribution in [2.75, 3.05) is 5.73 Å². The largest absolute Gasteiger partial charge is 0.412 e. The Morgan fingerprint density at radius 3 is 2.55 bits per heavy atom. The van der Waals surface area contributed by atoms with E-state index in [9.17, 15) is 13.6 Å². The molecule has 0 atom stereocenters. The molecule has 3 N–H and O–H groups in total. The van der Waals surface area contributed by atoms with E-state index in [0.29, 0.717) is 0 Å². The molecule has 0 spiro atoms. The number of carbonyl (C=O) groups excluding carboxylic acids is 1. The molecular weight excluding hydrogens is 266 g/mol. The maximum absolute atomic E-state index is 13.5. The Labute approximate surface area is 114 Å². The minimum atomic E-state index is -1.10. The molecule has 1 amide bonds. The molecule has 0 radical (unpaired) electrons. The van der Waals surface area contributed by atoms with E-state index in [2.05, 4.69) is 5.32 Å². The SMILES string of the molecule is Nc1c(F)ccc(OC(=O)NCc2ccccc2)c1F. The van der Waals surface area contributed by atoms with E-state index in [1.807, 2.05) is 30.3 Å². The third-order valence-electron chi connectivity index (χ3n) is 2.57. The summed E-state index contributed by atoms with van der Waals surface area (Å²) in [6.07, 6.45) is -0.848. The van der Waals surface area contributed by atoms with Crippen LogP contribution in [0.1, 0.15) is 5.56 Å². The number of benzene rings is 2. The van der Waals surface area contributed by atoms with Crippen LogP contribution in [0, 0.1) is 11.6 Å². The third-order valence-corrected chi connectivity index (χ3v) is 2.57. The predicted octanol–water partition coefficient (Wildman–Crippen LogP) is 2.84. The molecule has 0 aliphatic rings. The van der Waals surface area contributed by atoms with Gasteiger partial charge >= 0.3 is 6.09 Å². The molecule has 4 nitrogen and oxygen atoms in total. The second kappa shape index (κ2) is 6.01. The topological polar surface area (TPSA) is 64.3 Å². The van der Waals surface area contributed by atoms with Gasteiger partial charge in [0.15, 0.2) is 11.6 Å². The molecule has 2 rings (SSSR count). The van der Waals surface area contributed by atoms with Crippen LogP contribution < -0.4 is 15.8 Å². The van der Waals surface area contributed by atoms with Gasteiger partial charge in [0.2, 0.25) is 0 Å². The van der Waals surface area contributed by atoms with E-state index >= 15 is 0 Å². The van der Waals surface area contributed by atoms with Crippen LogP contribution in [0.4, 0.5) is 19.3 Å². The average Bonchev–Trinajstić information content (AvgIpc) is 2.47. The summed E-state index contributed by atoms with van der Waals surface area (Å²) in [7, 11) is 0. The van der Waals surface area contributed by atoms with Crippen molar-refractivity contribution in [1.29, 1.82) is 0 Å². The van der Waals surface area contributed by atoms with Gasteiger partial charge in [0.1, 0.15) is 11.5 Å². The van der Waals surface area contributed by atoms with Crippen molar-refractivity contribution in [1.82, 2.24) is 5.32 Å². The van der Waals surface area contributed by atoms with Crippen LogP contribution >= 0.6 is 0 Å². The minimum Gasteiger partial charge on any atom is -0.407 e. The first kappa shape index (κ1) is 13.8. The molecule has 2 aromatic rings. The lowest BCUT2D eigenvalue weighted by Gasteiger charge is -2.08. The van der Waals surface area contributed by atoms with Crippen LogP contribution in [0.2, 0.25) is 0 Å². The summed E-state index contributed by atoms with van der Waals surface area (Å²) in [5, 5.41) is 2.45. The lowest BCUT2D eigenvalue weighted by atomic mass is 10.2. The van der Waals surface area contributed by atoms with E-state index in [-0.39, 0.29) is 6.54 Å². The van der Waals surface area contributed by atoms with Crippen molar-refractivity contribution in [3.05, 3.63) is 59.7 Å². The van der Waals surface area contributed by atoms with Crippen LogP contribution in [-0.2, 0) is 6.54 Å². The Kier molecular flexibility index (Phi) is 4.14. The maximum atomic E-state index is 13.5. The Morgan fingerprint density at radius 1 is 1.15 bits per heavy atom. The summed E-state index contributed by atoms with van der Waals surface area (Å²) in [4.78, 5) is 11.5. The molecule has 0 heterocycles. The van der Waals surface area contributed by atoms with Gasteiger partial charge in [-0.1, -0.05) is 30.3 Å². The summed E-state index contributed by atoms with van der Waals surface area (Å²) in [6, 6.07) is 11.1. The highest BCUT2D eigenvalue weighted by atomic mass is 19.1. The lowest BCUT2D eigenvalue weighted by molar-refractivity contribution is 0.198. The number of nitrogens with one attached hydrogen (secondary N) is 1. The van der Waals surface area contributed by atoms with Gasteiger partial charge in [0.05, 0.1) is 0 Å². The lowest BCUT2D eigenvalue weighted by Crippen LogP contribution is -2.26. The molecule has 0 aromatic heterocycles. The van der Waals surface area contributed by atoms with E-state index in [1.54, 1.807) is 0 Å². The molecule has 0 unspecified atom stereocenters. The zero-order valence-electron chi connectivity index (χ0n) is 10.4. The highest BCUT2D eigenvalue weighted by Crippen LogP contribution is 2.24. The van der Waals surface area contributed by atoms with Crippen molar-refractivity contribution < 1.29 is 18.3 Å². The maximum Gasteiger partial charge on any atom is 0.412 e. The van der Waals surface area contributed by atoms with Gasteiger partial charge in [-0.3, -0.25) is 0 Å². The molecule has 0 aliphatic carbocycles. The fourth-order valence-corrected chi connectivity index (χ4v) is 1.53. The van der Waals surface area contributed by atoms with E-state index in [0.717, 1.165) is 17.7 Å². The molecule has 2 aromatic carbocycles. The smallest absolute Gasteiger partial charge is 0.407 e. The first-order chi connectivity index (χ1) is 9.58. The highest BCUT2D eigenvalue weighted by molar-refractivity contribution is 5.71. The first-order valence-electron chi connectivity index (χ1n) is 5.81. The zero-order valence-corrected chi connectivity index (χ0v) is 10.4. The van der Waals surface area contributed by atoms with Crippen LogP contribution in [0.5, 0.6) is 5.75 Å². The average molecular weight is 278 g/mol. The van der Waals surface area contributed by atoms with Crippen molar-refractivity contribution in [2.45, 2.75) is 6.54 Å². The van der Waals surface area contributed by atoms with Gasteiger partial charge in [-0.05, 0) is 17.7 Å². The summed E-state index contributed by atoms with van der Waals surface area (Å²) in [5.74, 6) is -2.42. The second-order valence-electron chi connectivity index (χ2n) is 4.00. The zero-order chi connectivity index (χ0) is 14.5. The number of rotatable bonds is 3. The third kappa shape index (κ3) is 3.23. The fraction of sp³-hybridized carbons (Fsp3) is 0.0714. The van der Waals surface area contributed by atoms with Gasteiger partial charge in [0, 0.05) is 6.54 Å². The summed E-state index contributed by atoms with van der Waals surface area (Å²) in [5.41, 5.74) is 5.34. The normalized spacial score (nSPS) is 10.1. The number of halogens is 2. The number of amides is 1. The molecular formula is C14H12F2N2O2. The molecule has 0 bridgehead atoms. The molecule has 104 valence electrons. The predicted molar refractivity (Wildman–Crippen MR) is 70.1 cm³/mol. The first-order valence-corrected chi connectivity index (χ1v) is 5.81. The number of hydrogen-bond donors (Lipinski definition) is 2. The molecule has 0 saturated carbocycles. The molecule has 0 saturated heterocycles. The van der Waals surface area contributed by atoms with Gasteiger partial charge in [-0.15, -0.1) is 0 Å². The Morgan fingerprint density at radius 2 is 1.85 bits per heavy atom. The Bertz CT molecular complexity index is 618. The van der Waals surface area contributed by atoms with E-state index < -0.39 is 29.2 Å². The van der Waals surface area contributed by atoms with Gasteiger partial charge in [-0.25, -0.2) is 13.6 Å². The van der Waals surface area contributed by atoms with Crippen LogP contribution in [0.25, 0.3) is 0 Å². The van der Waals surface area contributed by atoms with Gasteiger partial charge in [-0.2, -0.15) is 0 Å². The van der Waals surface area contributed by atoms with Crippen molar-refractivity contribution in [3.63, 3.8) is 0 Å². The van der Waals surface area contributed by atoms with Crippen molar-refractivity contribution in [2.24, 2.45) is 0 Å². The highest BCUT2D eigenvalue weighted by Gasteiger charge is 2.14. The van der Waals surface area contributed by atoms with Gasteiger partial charge in [0.25, 0.3) is 0 Å². The number of ether oxygens (including phenoxy) is 1. The Balaban J connectivity index is 1.97. The monoisotopic (exact) mass is 278 g/mol. The quantitative estimate of drug-likeness (QED) is 0.848. The standard InChI is InChI=1S/C14H12F2N2O2/c15-10-6-7-11(12(16)13(10)17)20-14(19)18-8-9-4-2-1-3-5-9/h1-7H,8,17H2,(H,18,19). The molecule has 6 heteroatoms. The molecule has 20 heavy (non-hydrogen) atoms. The minimum absolute atomic E-state index is 0.234. The number of hydrogen-bond acceptors (Lipinski definition) is 3. The van der Waals surface area contributed by atoms with E-state index in [1.165, 1.54) is 0 Å². The summed E-state index contributed by atoms with van der Waals surface area (Å²) >= 11 is 0. The summed E-state index contributed by atoms with van der Waals surface area (Å²) < 4.78 is 31.2. The number of nitrogen functional groups attached to an aromatic ring is 1. The molecule has 0 aliphatic heterocycles. The second-order valence-corrected chi connectivity index (χ2v) is 4.00. The number of carbonyl (C=O) groups is 1. The van der Waals surface area contributed by atoms with E-state index in [4.69, 9.17) is 10.5 Å². The van der Waals surface area contributed by atoms with Crippen LogP contribution in [-0.4, -0.2) is 6.09 Å².